The van der Waals surface area contributed by atoms with Crippen LogP contribution in [0, 0.1) is 5.92 Å². The minimum absolute atomic E-state index is 0.594. The fourth-order valence-corrected chi connectivity index (χ4v) is 3.11. The van der Waals surface area contributed by atoms with Crippen LogP contribution in [-0.4, -0.2) is 24.0 Å². The minimum atomic E-state index is 0.594. The van der Waals surface area contributed by atoms with Crippen LogP contribution >= 0.6 is 22.9 Å². The van der Waals surface area contributed by atoms with Crippen LogP contribution in [-0.2, 0) is 6.54 Å². The Labute approximate surface area is 133 Å². The number of halogens is 1. The Morgan fingerprint density at radius 1 is 1.43 bits per heavy atom. The number of fused-ring (bicyclic) bond motifs is 1. The van der Waals surface area contributed by atoms with Crippen LogP contribution in [0.25, 0.3) is 10.2 Å². The van der Waals surface area contributed by atoms with Gasteiger partial charge in [-0.1, -0.05) is 11.6 Å². The molecule has 2 aromatic rings. The zero-order valence-corrected chi connectivity index (χ0v) is 13.6. The summed E-state index contributed by atoms with van der Waals surface area (Å²) < 4.78 is 1.15. The second kappa shape index (κ2) is 6.62. The van der Waals surface area contributed by atoms with Crippen molar-refractivity contribution in [1.82, 2.24) is 15.6 Å². The molecule has 0 saturated heterocycles. The molecule has 0 amide bonds. The molecule has 0 aliphatic heterocycles. The van der Waals surface area contributed by atoms with Gasteiger partial charge in [0.1, 0.15) is 5.01 Å². The van der Waals surface area contributed by atoms with Crippen molar-refractivity contribution >= 4 is 39.1 Å². The zero-order valence-electron chi connectivity index (χ0n) is 12.0. The number of thiazole rings is 1. The van der Waals surface area contributed by atoms with Crippen molar-refractivity contribution in [3.63, 3.8) is 0 Å². The minimum Gasteiger partial charge on any atom is -0.357 e. The van der Waals surface area contributed by atoms with Gasteiger partial charge in [-0.15, -0.1) is 11.3 Å². The normalized spacial score (nSPS) is 15.4. The Morgan fingerprint density at radius 3 is 3.05 bits per heavy atom. The van der Waals surface area contributed by atoms with Crippen molar-refractivity contribution in [3.8, 4) is 0 Å². The van der Waals surface area contributed by atoms with Crippen molar-refractivity contribution < 1.29 is 0 Å². The molecule has 0 radical (unpaired) electrons. The van der Waals surface area contributed by atoms with Crippen molar-refractivity contribution in [2.75, 3.05) is 13.1 Å². The quantitative estimate of drug-likeness (QED) is 0.655. The van der Waals surface area contributed by atoms with E-state index < -0.39 is 0 Å². The van der Waals surface area contributed by atoms with Gasteiger partial charge in [0.25, 0.3) is 0 Å². The van der Waals surface area contributed by atoms with Gasteiger partial charge in [0, 0.05) is 18.1 Å². The monoisotopic (exact) mass is 322 g/mol. The molecule has 0 unspecified atom stereocenters. The lowest BCUT2D eigenvalue weighted by Crippen LogP contribution is -2.38. The molecule has 1 aromatic carbocycles. The average molecular weight is 323 g/mol. The largest absolute Gasteiger partial charge is 0.357 e. The third-order valence-electron chi connectivity index (χ3n) is 3.37. The molecule has 1 heterocycles. The summed E-state index contributed by atoms with van der Waals surface area (Å²) in [5.74, 6) is 1.71. The number of aliphatic imine (C=N–C) groups is 1. The maximum Gasteiger partial charge on any atom is 0.191 e. The Hall–Kier alpha value is -1.33. The molecule has 1 aliphatic rings. The SMILES string of the molecule is CCNC(=NCc1nc2cc(Cl)ccc2s1)NCC1CC1. The second-order valence-corrected chi connectivity index (χ2v) is 6.79. The molecule has 1 fully saturated rings. The van der Waals surface area contributed by atoms with Gasteiger partial charge in [-0.25, -0.2) is 9.98 Å². The highest BCUT2D eigenvalue weighted by Crippen LogP contribution is 2.27. The number of aromatic nitrogens is 1. The Morgan fingerprint density at radius 2 is 2.29 bits per heavy atom. The van der Waals surface area contributed by atoms with Gasteiger partial charge >= 0.3 is 0 Å². The number of nitrogens with one attached hydrogen (secondary N) is 2. The first-order chi connectivity index (χ1) is 10.2. The predicted octanol–water partition coefficient (Wildman–Crippen LogP) is 3.41. The van der Waals surface area contributed by atoms with E-state index in [1.165, 1.54) is 12.8 Å². The molecule has 1 aromatic heterocycles. The number of nitrogens with zero attached hydrogens (tertiary/aromatic N) is 2. The van der Waals surface area contributed by atoms with Gasteiger partial charge < -0.3 is 10.6 Å². The summed E-state index contributed by atoms with van der Waals surface area (Å²) >= 11 is 7.66. The summed E-state index contributed by atoms with van der Waals surface area (Å²) in [6, 6.07) is 5.81. The van der Waals surface area contributed by atoms with Crippen molar-refractivity contribution in [3.05, 3.63) is 28.2 Å². The van der Waals surface area contributed by atoms with E-state index in [1.54, 1.807) is 11.3 Å². The van der Waals surface area contributed by atoms with Crippen LogP contribution in [0.1, 0.15) is 24.8 Å². The van der Waals surface area contributed by atoms with Gasteiger partial charge in [0.05, 0.1) is 16.8 Å². The summed E-state index contributed by atoms with van der Waals surface area (Å²) in [4.78, 5) is 9.20. The lowest BCUT2D eigenvalue weighted by Gasteiger charge is -2.09. The highest BCUT2D eigenvalue weighted by molar-refractivity contribution is 7.18. The van der Waals surface area contributed by atoms with E-state index in [-0.39, 0.29) is 0 Å². The lowest BCUT2D eigenvalue weighted by atomic mass is 10.3. The maximum absolute atomic E-state index is 5.99. The number of guanidine groups is 1. The number of hydrogen-bond donors (Lipinski definition) is 2. The molecule has 4 nitrogen and oxygen atoms in total. The van der Waals surface area contributed by atoms with E-state index in [0.717, 1.165) is 45.2 Å². The van der Waals surface area contributed by atoms with E-state index in [1.807, 2.05) is 18.2 Å². The fourth-order valence-electron chi connectivity index (χ4n) is 2.07. The van der Waals surface area contributed by atoms with E-state index in [2.05, 4.69) is 27.5 Å². The van der Waals surface area contributed by atoms with Gasteiger partial charge in [-0.05, 0) is 43.9 Å². The van der Waals surface area contributed by atoms with E-state index in [4.69, 9.17) is 11.6 Å². The van der Waals surface area contributed by atoms with Crippen LogP contribution in [0.2, 0.25) is 5.02 Å². The van der Waals surface area contributed by atoms with Gasteiger partial charge in [-0.3, -0.25) is 0 Å². The summed E-state index contributed by atoms with van der Waals surface area (Å²) in [7, 11) is 0. The lowest BCUT2D eigenvalue weighted by molar-refractivity contribution is 0.739. The Balaban J connectivity index is 1.67. The molecule has 0 bridgehead atoms. The average Bonchev–Trinajstić information content (AvgIpc) is 3.21. The smallest absolute Gasteiger partial charge is 0.191 e. The molecule has 2 N–H and O–H groups in total. The highest BCUT2D eigenvalue weighted by atomic mass is 35.5. The zero-order chi connectivity index (χ0) is 14.7. The standard InChI is InChI=1S/C15H19ClN4S/c1-2-17-15(18-8-10-3-4-10)19-9-14-20-12-7-11(16)5-6-13(12)21-14/h5-7,10H,2-4,8-9H2,1H3,(H2,17,18,19). The van der Waals surface area contributed by atoms with Crippen LogP contribution in [0.15, 0.2) is 23.2 Å². The van der Waals surface area contributed by atoms with E-state index in [9.17, 15) is 0 Å². The summed E-state index contributed by atoms with van der Waals surface area (Å²) in [5.41, 5.74) is 0.952. The van der Waals surface area contributed by atoms with E-state index >= 15 is 0 Å². The van der Waals surface area contributed by atoms with Crippen LogP contribution in [0.5, 0.6) is 0 Å². The molecular weight excluding hydrogens is 304 g/mol. The van der Waals surface area contributed by atoms with Crippen molar-refractivity contribution in [1.29, 1.82) is 0 Å². The molecule has 3 rings (SSSR count). The molecule has 1 saturated carbocycles. The first-order valence-electron chi connectivity index (χ1n) is 7.31. The highest BCUT2D eigenvalue weighted by Gasteiger charge is 2.21. The first-order valence-corrected chi connectivity index (χ1v) is 8.51. The summed E-state index contributed by atoms with van der Waals surface area (Å²) in [5, 5.41) is 8.40. The molecule has 6 heteroatoms. The number of rotatable bonds is 5. The third kappa shape index (κ3) is 4.08. The Kier molecular flexibility index (Phi) is 4.60. The maximum atomic E-state index is 5.99. The van der Waals surface area contributed by atoms with Crippen LogP contribution in [0.3, 0.4) is 0 Å². The van der Waals surface area contributed by atoms with Crippen molar-refractivity contribution in [2.45, 2.75) is 26.3 Å². The summed E-state index contributed by atoms with van der Waals surface area (Å²) in [6.07, 6.45) is 2.68. The van der Waals surface area contributed by atoms with Gasteiger partial charge in [-0.2, -0.15) is 0 Å². The van der Waals surface area contributed by atoms with Gasteiger partial charge in [0.15, 0.2) is 5.96 Å². The van der Waals surface area contributed by atoms with Crippen molar-refractivity contribution in [2.24, 2.45) is 10.9 Å². The van der Waals surface area contributed by atoms with E-state index in [0.29, 0.717) is 6.54 Å². The first kappa shape index (κ1) is 14.6. The molecule has 0 atom stereocenters. The molecular formula is C15H19ClN4S. The number of hydrogen-bond acceptors (Lipinski definition) is 3. The second-order valence-electron chi connectivity index (χ2n) is 5.24. The molecule has 21 heavy (non-hydrogen) atoms. The van der Waals surface area contributed by atoms with Crippen LogP contribution in [0.4, 0.5) is 0 Å². The molecule has 0 spiro atoms. The predicted molar refractivity (Wildman–Crippen MR) is 90.2 cm³/mol. The fraction of sp³-hybridized carbons (Fsp3) is 0.467. The number of benzene rings is 1. The Bertz CT molecular complexity index is 648. The van der Waals surface area contributed by atoms with Crippen LogP contribution < -0.4 is 10.6 Å². The molecule has 1 aliphatic carbocycles. The van der Waals surface area contributed by atoms with Gasteiger partial charge in [0.2, 0.25) is 0 Å². The molecule has 112 valence electrons. The third-order valence-corrected chi connectivity index (χ3v) is 4.62. The summed E-state index contributed by atoms with van der Waals surface area (Å²) in [6.45, 7) is 4.55. The topological polar surface area (TPSA) is 49.3 Å².